The van der Waals surface area contributed by atoms with Gasteiger partial charge in [-0.15, -0.1) is 25.2 Å². The molecule has 6 atom stereocenters. The van der Waals surface area contributed by atoms with Crippen LogP contribution in [0.2, 0.25) is 42.8 Å². The van der Waals surface area contributed by atoms with Crippen LogP contribution in [0.3, 0.4) is 0 Å². The van der Waals surface area contributed by atoms with Gasteiger partial charge in [0, 0.05) is 8.07 Å². The zero-order chi connectivity index (χ0) is 56.9. The van der Waals surface area contributed by atoms with Crippen LogP contribution in [0.1, 0.15) is 155 Å². The number of amides is 2. The van der Waals surface area contributed by atoms with E-state index >= 15 is 0 Å². The summed E-state index contributed by atoms with van der Waals surface area (Å²) in [5, 5.41) is 16.7. The van der Waals surface area contributed by atoms with Gasteiger partial charge >= 0.3 is 24.1 Å². The van der Waals surface area contributed by atoms with Gasteiger partial charge in [0.05, 0.1) is 37.1 Å². The van der Waals surface area contributed by atoms with Gasteiger partial charge in [-0.3, -0.25) is 9.59 Å². The third-order valence-corrected chi connectivity index (χ3v) is 21.4. The van der Waals surface area contributed by atoms with Gasteiger partial charge in [0.15, 0.2) is 8.32 Å². The molecule has 0 saturated carbocycles. The highest BCUT2D eigenvalue weighted by molar-refractivity contribution is 6.78. The lowest BCUT2D eigenvalue weighted by molar-refractivity contribution is -0.148. The van der Waals surface area contributed by atoms with Crippen molar-refractivity contribution < 1.29 is 47.7 Å². The van der Waals surface area contributed by atoms with Gasteiger partial charge in [-0.05, 0) is 94.6 Å². The number of alkyl carbamates (subject to hydrolysis) is 2. The van der Waals surface area contributed by atoms with E-state index in [9.17, 15) is 24.3 Å². The maximum absolute atomic E-state index is 12.9. The van der Waals surface area contributed by atoms with E-state index in [0.29, 0.717) is 5.04 Å². The van der Waals surface area contributed by atoms with Crippen LogP contribution in [0.15, 0.2) is 60.7 Å². The summed E-state index contributed by atoms with van der Waals surface area (Å²) in [7, 11) is -3.10. The Kier molecular flexibility index (Phi) is 33.8. The molecule has 0 fully saturated rings. The summed E-state index contributed by atoms with van der Waals surface area (Å²) in [6.45, 7) is 45.8. The molecular weight excluding hydrogens is 941 g/mol. The Morgan fingerprint density at radius 3 is 1.24 bits per heavy atom. The van der Waals surface area contributed by atoms with E-state index in [4.69, 9.17) is 23.4 Å². The second-order valence-corrected chi connectivity index (χ2v) is 34.3. The Bertz CT molecular complexity index is 1870. The third-order valence-electron chi connectivity index (χ3n) is 12.4. The van der Waals surface area contributed by atoms with Gasteiger partial charge in [0.2, 0.25) is 0 Å². The smallest absolute Gasteiger partial charge is 0.407 e. The number of esters is 2. The lowest BCUT2D eigenvalue weighted by atomic mass is 9.93. The molecule has 3 N–H and O–H groups in total. The number of carbonyl (C=O) groups is 4. The van der Waals surface area contributed by atoms with E-state index in [2.05, 4.69) is 124 Å². The average molecular weight is 1040 g/mol. The van der Waals surface area contributed by atoms with Crippen molar-refractivity contribution in [2.24, 2.45) is 11.8 Å². The molecule has 0 heterocycles. The maximum Gasteiger partial charge on any atom is 0.407 e. The van der Waals surface area contributed by atoms with Gasteiger partial charge in [-0.25, -0.2) is 9.59 Å². The normalized spacial score (nSPS) is 14.1. The van der Waals surface area contributed by atoms with Crippen LogP contribution in [-0.2, 0) is 46.2 Å². The van der Waals surface area contributed by atoms with Crippen LogP contribution in [0.5, 0.6) is 0 Å². The summed E-state index contributed by atoms with van der Waals surface area (Å²) in [5.74, 6) is 1.44. The third kappa shape index (κ3) is 33.2. The molecule has 2 aromatic rings. The topological polar surface area (TPSA) is 159 Å². The predicted octanol–water partition coefficient (Wildman–Crippen LogP) is 13.9. The van der Waals surface area contributed by atoms with Gasteiger partial charge in [-0.1, -0.05) is 162 Å². The number of terminal acetylenes is 2. The van der Waals surface area contributed by atoms with Crippen LogP contribution in [0.25, 0.3) is 0 Å². The SMILES string of the molecule is C#C.C#CC.CC(C)(C)[Si](C)(C)C.CC[C@H](C)[C@@H](NC(=O)OC(C)(C)C)[C@@H](CC(=O)OCc1ccccc1)O[Si](C)(C)C(C)(C)C.CC[C@H](C)[C@@H](NC(=O)OC(C)(C)C)[C@@H](O)CC(=O)OCc1ccccc1. The number of nitrogens with one attached hydrogen (secondary N) is 2. The molecule has 0 unspecified atom stereocenters. The molecule has 0 bridgehead atoms. The quantitative estimate of drug-likeness (QED) is 0.0568. The molecule has 12 nitrogen and oxygen atoms in total. The fourth-order valence-corrected chi connectivity index (χ4v) is 6.81. The van der Waals surface area contributed by atoms with Gasteiger partial charge < -0.3 is 39.1 Å². The first kappa shape index (κ1) is 71.6. The number of carbonyl (C=O) groups excluding carboxylic acids is 4. The molecule has 0 saturated heterocycles. The van der Waals surface area contributed by atoms with Crippen molar-refractivity contribution in [3.63, 3.8) is 0 Å². The zero-order valence-electron chi connectivity index (χ0n) is 48.8. The number of ether oxygens (including phenoxy) is 4. The summed E-state index contributed by atoms with van der Waals surface area (Å²) >= 11 is 0. The molecule has 14 heteroatoms. The monoisotopic (exact) mass is 1040 g/mol. The highest BCUT2D eigenvalue weighted by Crippen LogP contribution is 2.39. The Labute approximate surface area is 440 Å². The Balaban J connectivity index is -0.00000108. The Morgan fingerprint density at radius 2 is 0.931 bits per heavy atom. The largest absolute Gasteiger partial charge is 0.461 e. The zero-order valence-corrected chi connectivity index (χ0v) is 50.8. The molecule has 410 valence electrons. The van der Waals surface area contributed by atoms with Crippen LogP contribution in [0.4, 0.5) is 9.59 Å². The molecule has 0 spiro atoms. The maximum atomic E-state index is 12.9. The highest BCUT2D eigenvalue weighted by Gasteiger charge is 2.43. The summed E-state index contributed by atoms with van der Waals surface area (Å²) in [6, 6.07) is 17.9. The molecule has 0 aromatic heterocycles. The van der Waals surface area contributed by atoms with Crippen molar-refractivity contribution in [2.45, 2.75) is 235 Å². The number of rotatable bonds is 18. The van der Waals surface area contributed by atoms with Crippen molar-refractivity contribution in [3.05, 3.63) is 71.8 Å². The van der Waals surface area contributed by atoms with E-state index in [1.54, 1.807) is 27.7 Å². The summed E-state index contributed by atoms with van der Waals surface area (Å²) < 4.78 is 28.2. The molecular formula is C58H100N2O10Si2. The van der Waals surface area contributed by atoms with Crippen molar-refractivity contribution in [1.82, 2.24) is 10.6 Å². The first-order valence-corrected chi connectivity index (χ1v) is 31.7. The number of aliphatic hydroxyl groups is 1. The molecule has 0 aliphatic carbocycles. The Morgan fingerprint density at radius 1 is 0.611 bits per heavy atom. The number of hydrogen-bond donors (Lipinski definition) is 3. The van der Waals surface area contributed by atoms with Crippen molar-refractivity contribution in [3.8, 4) is 25.2 Å². The lowest BCUT2D eigenvalue weighted by Gasteiger charge is -2.42. The Hall–Kier alpha value is -4.61. The molecule has 72 heavy (non-hydrogen) atoms. The first-order valence-electron chi connectivity index (χ1n) is 25.3. The average Bonchev–Trinajstić information content (AvgIpc) is 3.25. The molecule has 0 radical (unpaired) electrons. The molecule has 2 rings (SSSR count). The first-order chi connectivity index (χ1) is 32.8. The minimum atomic E-state index is -2.24. The molecule has 0 aliphatic rings. The fourth-order valence-electron chi connectivity index (χ4n) is 5.47. The lowest BCUT2D eigenvalue weighted by Crippen LogP contribution is -2.55. The van der Waals surface area contributed by atoms with Crippen molar-refractivity contribution in [2.75, 3.05) is 0 Å². The summed E-state index contributed by atoms with van der Waals surface area (Å²) in [4.78, 5) is 49.6. The van der Waals surface area contributed by atoms with Crippen LogP contribution >= 0.6 is 0 Å². The predicted molar refractivity (Wildman–Crippen MR) is 302 cm³/mol. The summed E-state index contributed by atoms with van der Waals surface area (Å²) in [6.07, 6.45) is 11.3. The number of benzene rings is 2. The van der Waals surface area contributed by atoms with E-state index < -0.39 is 64.0 Å². The highest BCUT2D eigenvalue weighted by atomic mass is 28.4. The minimum Gasteiger partial charge on any atom is -0.461 e. The minimum absolute atomic E-state index is 0.0283. The van der Waals surface area contributed by atoms with E-state index in [-0.39, 0.29) is 54.9 Å². The second-order valence-electron chi connectivity index (χ2n) is 23.6. The van der Waals surface area contributed by atoms with Crippen LogP contribution in [0, 0.1) is 37.0 Å². The summed E-state index contributed by atoms with van der Waals surface area (Å²) in [5.41, 5.74) is 0.553. The van der Waals surface area contributed by atoms with Crippen LogP contribution in [-0.4, -0.2) is 81.1 Å². The van der Waals surface area contributed by atoms with Gasteiger partial charge in [0.1, 0.15) is 24.4 Å². The molecule has 2 amide bonds. The standard InChI is InChI=1S/C26H45NO5Si.C20H31NO5.C7H18Si.C3H4.C2H2/c1-11-19(2)23(27-24(29)31-25(3,4)5)21(32-33(9,10)26(6,7)8)17-22(28)30-18-20-15-13-12-14-16-20;1-6-14(2)18(21-19(24)26-20(3,4)5)16(22)12-17(23)25-13-15-10-8-7-9-11-15;1-7(2,3)8(4,5)6;1-3-2;1-2/h12-16,19,21,23H,11,17-18H2,1-10H3,(H,27,29);7-11,14,16,18,22H,6,12-13H2,1-5H3,(H,21,24);1-6H3;1H,2H3;1-2H/t19-,21+,23+;14-,16-,18+;;;/m00.../s1. The van der Waals surface area contributed by atoms with Crippen molar-refractivity contribution in [1.29, 1.82) is 0 Å². The number of hydrogen-bond acceptors (Lipinski definition) is 10. The fraction of sp³-hybridized carbons (Fsp3) is 0.655. The van der Waals surface area contributed by atoms with Gasteiger partial charge in [0.25, 0.3) is 0 Å². The second kappa shape index (κ2) is 34.0. The van der Waals surface area contributed by atoms with Gasteiger partial charge in [-0.2, -0.15) is 0 Å². The van der Waals surface area contributed by atoms with Crippen molar-refractivity contribution >= 4 is 40.5 Å². The molecule has 2 aromatic carbocycles. The van der Waals surface area contributed by atoms with E-state index in [1.165, 1.54) is 0 Å². The van der Waals surface area contributed by atoms with E-state index in [1.807, 2.05) is 95.3 Å². The van der Waals surface area contributed by atoms with E-state index in [0.717, 1.165) is 24.0 Å². The molecule has 0 aliphatic heterocycles. The van der Waals surface area contributed by atoms with Crippen LogP contribution < -0.4 is 10.6 Å². The number of aliphatic hydroxyl groups excluding tert-OH is 1.